The van der Waals surface area contributed by atoms with Gasteiger partial charge in [0.25, 0.3) is 0 Å². The van der Waals surface area contributed by atoms with Crippen molar-refractivity contribution in [2.45, 2.75) is 46.1 Å². The summed E-state index contributed by atoms with van der Waals surface area (Å²) in [6.45, 7) is 9.87. The van der Waals surface area contributed by atoms with Crippen molar-refractivity contribution < 1.29 is 0 Å². The predicted octanol–water partition coefficient (Wildman–Crippen LogP) is 4.78. The Kier molecular flexibility index (Phi) is 5.90. The maximum Gasteiger partial charge on any atom is 0.0285 e. The van der Waals surface area contributed by atoms with E-state index in [1.807, 2.05) is 11.3 Å². The average Bonchev–Trinajstić information content (AvgIpc) is 2.57. The monoisotopic (exact) mass is 315 g/mol. The van der Waals surface area contributed by atoms with Gasteiger partial charge in [-0.25, -0.2) is 0 Å². The Morgan fingerprint density at radius 1 is 1.47 bits per heavy atom. The fourth-order valence-corrected chi connectivity index (χ4v) is 3.11. The van der Waals surface area contributed by atoms with Gasteiger partial charge in [-0.3, -0.25) is 0 Å². The zero-order chi connectivity index (χ0) is 12.9. The second kappa shape index (κ2) is 6.72. The highest BCUT2D eigenvalue weighted by Gasteiger charge is 2.06. The van der Waals surface area contributed by atoms with Gasteiger partial charge in [0, 0.05) is 26.7 Å². The molecule has 0 unspecified atom stereocenters. The van der Waals surface area contributed by atoms with Gasteiger partial charge in [0.1, 0.15) is 0 Å². The number of thiophene rings is 1. The third kappa shape index (κ3) is 7.02. The van der Waals surface area contributed by atoms with E-state index in [2.05, 4.69) is 66.5 Å². The maximum atomic E-state index is 3.50. The highest BCUT2D eigenvalue weighted by atomic mass is 79.9. The minimum atomic E-state index is 0.223. The Hall–Kier alpha value is -0.120. The van der Waals surface area contributed by atoms with Gasteiger partial charge in [-0.1, -0.05) is 11.6 Å². The lowest BCUT2D eigenvalue weighted by molar-refractivity contribution is 0.431. The Morgan fingerprint density at radius 3 is 2.71 bits per heavy atom. The van der Waals surface area contributed by atoms with E-state index in [-0.39, 0.29) is 5.54 Å². The SMILES string of the molecule is CC(=CCCNC(C)(C)C)Cc1cc(Br)cs1. The highest BCUT2D eigenvalue weighted by molar-refractivity contribution is 9.10. The van der Waals surface area contributed by atoms with Crippen LogP contribution in [0.5, 0.6) is 0 Å². The first-order valence-corrected chi connectivity index (χ1v) is 7.68. The molecule has 0 aliphatic heterocycles. The summed E-state index contributed by atoms with van der Waals surface area (Å²) in [5, 5.41) is 5.64. The second-order valence-corrected chi connectivity index (χ2v) is 7.34. The number of hydrogen-bond acceptors (Lipinski definition) is 2. The Labute approximate surface area is 117 Å². The van der Waals surface area contributed by atoms with Gasteiger partial charge < -0.3 is 5.32 Å². The molecule has 96 valence electrons. The van der Waals surface area contributed by atoms with Crippen LogP contribution in [-0.4, -0.2) is 12.1 Å². The van der Waals surface area contributed by atoms with E-state index in [4.69, 9.17) is 0 Å². The van der Waals surface area contributed by atoms with Gasteiger partial charge >= 0.3 is 0 Å². The standard InChI is InChI=1S/C14H22BrNS/c1-11(6-5-7-16-14(2,3)4)8-13-9-12(15)10-17-13/h6,9-10,16H,5,7-8H2,1-4H3. The summed E-state index contributed by atoms with van der Waals surface area (Å²) < 4.78 is 1.19. The van der Waals surface area contributed by atoms with Crippen LogP contribution in [0.15, 0.2) is 27.6 Å². The summed E-state index contributed by atoms with van der Waals surface area (Å²) in [5.74, 6) is 0. The highest BCUT2D eigenvalue weighted by Crippen LogP contribution is 2.22. The lowest BCUT2D eigenvalue weighted by Crippen LogP contribution is -2.36. The summed E-state index contributed by atoms with van der Waals surface area (Å²) >= 11 is 5.31. The van der Waals surface area contributed by atoms with Gasteiger partial charge in [-0.05, 0) is 62.7 Å². The van der Waals surface area contributed by atoms with Crippen LogP contribution in [0.4, 0.5) is 0 Å². The minimum Gasteiger partial charge on any atom is -0.312 e. The summed E-state index contributed by atoms with van der Waals surface area (Å²) in [7, 11) is 0. The maximum absolute atomic E-state index is 3.50. The second-order valence-electron chi connectivity index (χ2n) is 5.42. The van der Waals surface area contributed by atoms with Crippen LogP contribution in [0.3, 0.4) is 0 Å². The number of rotatable bonds is 5. The van der Waals surface area contributed by atoms with Gasteiger partial charge in [0.15, 0.2) is 0 Å². The van der Waals surface area contributed by atoms with Crippen molar-refractivity contribution in [1.29, 1.82) is 0 Å². The van der Waals surface area contributed by atoms with Crippen molar-refractivity contribution in [3.05, 3.63) is 32.4 Å². The van der Waals surface area contributed by atoms with Crippen molar-refractivity contribution in [2.24, 2.45) is 0 Å². The molecule has 1 heterocycles. The molecule has 1 aromatic heterocycles. The summed E-state index contributed by atoms with van der Waals surface area (Å²) in [5.41, 5.74) is 1.68. The van der Waals surface area contributed by atoms with Crippen molar-refractivity contribution in [3.63, 3.8) is 0 Å². The van der Waals surface area contributed by atoms with E-state index < -0.39 is 0 Å². The molecule has 1 N–H and O–H groups in total. The molecule has 1 aromatic rings. The van der Waals surface area contributed by atoms with E-state index in [0.717, 1.165) is 19.4 Å². The molecule has 0 aromatic carbocycles. The number of nitrogens with one attached hydrogen (secondary N) is 1. The van der Waals surface area contributed by atoms with Crippen LogP contribution in [0, 0.1) is 0 Å². The Bertz CT molecular complexity index is 374. The van der Waals surface area contributed by atoms with Crippen molar-refractivity contribution in [3.8, 4) is 0 Å². The first-order valence-electron chi connectivity index (χ1n) is 6.00. The third-order valence-electron chi connectivity index (χ3n) is 2.37. The molecular weight excluding hydrogens is 294 g/mol. The molecule has 0 atom stereocenters. The molecule has 0 saturated heterocycles. The molecule has 17 heavy (non-hydrogen) atoms. The molecule has 0 aliphatic carbocycles. The summed E-state index contributed by atoms with van der Waals surface area (Å²) in [4.78, 5) is 1.43. The fraction of sp³-hybridized carbons (Fsp3) is 0.571. The molecule has 0 radical (unpaired) electrons. The quantitative estimate of drug-likeness (QED) is 0.609. The van der Waals surface area contributed by atoms with Crippen LogP contribution in [0.25, 0.3) is 0 Å². The third-order valence-corrected chi connectivity index (χ3v) is 4.06. The molecule has 0 saturated carbocycles. The lowest BCUT2D eigenvalue weighted by atomic mass is 10.1. The number of halogens is 1. The van der Waals surface area contributed by atoms with Gasteiger partial charge in [-0.2, -0.15) is 0 Å². The molecule has 0 spiro atoms. The molecule has 0 amide bonds. The molecule has 0 aliphatic rings. The molecular formula is C14H22BrNS. The first kappa shape index (κ1) is 14.9. The van der Waals surface area contributed by atoms with E-state index in [1.54, 1.807) is 0 Å². The van der Waals surface area contributed by atoms with Crippen molar-refractivity contribution in [2.75, 3.05) is 6.54 Å². The molecule has 0 fully saturated rings. The van der Waals surface area contributed by atoms with E-state index in [9.17, 15) is 0 Å². The molecule has 0 bridgehead atoms. The lowest BCUT2D eigenvalue weighted by Gasteiger charge is -2.19. The van der Waals surface area contributed by atoms with Gasteiger partial charge in [0.2, 0.25) is 0 Å². The fourth-order valence-electron chi connectivity index (χ4n) is 1.56. The van der Waals surface area contributed by atoms with E-state index >= 15 is 0 Å². The van der Waals surface area contributed by atoms with Crippen LogP contribution >= 0.6 is 27.3 Å². The number of allylic oxidation sites excluding steroid dienone is 1. The molecule has 1 rings (SSSR count). The minimum absolute atomic E-state index is 0.223. The molecule has 3 heteroatoms. The summed E-state index contributed by atoms with van der Waals surface area (Å²) in [6.07, 6.45) is 4.52. The Morgan fingerprint density at radius 2 is 2.18 bits per heavy atom. The van der Waals surface area contributed by atoms with Crippen LogP contribution < -0.4 is 5.32 Å². The van der Waals surface area contributed by atoms with Crippen LogP contribution in [-0.2, 0) is 6.42 Å². The Balaban J connectivity index is 2.30. The van der Waals surface area contributed by atoms with E-state index in [0.29, 0.717) is 0 Å². The van der Waals surface area contributed by atoms with Crippen LogP contribution in [0.2, 0.25) is 0 Å². The average molecular weight is 316 g/mol. The topological polar surface area (TPSA) is 12.0 Å². The zero-order valence-corrected chi connectivity index (χ0v) is 13.5. The van der Waals surface area contributed by atoms with Gasteiger partial charge in [0.05, 0.1) is 0 Å². The zero-order valence-electron chi connectivity index (χ0n) is 11.1. The van der Waals surface area contributed by atoms with Crippen molar-refractivity contribution in [1.82, 2.24) is 5.32 Å². The predicted molar refractivity (Wildman–Crippen MR) is 81.9 cm³/mol. The van der Waals surface area contributed by atoms with E-state index in [1.165, 1.54) is 14.9 Å². The first-order chi connectivity index (χ1) is 7.87. The number of hydrogen-bond donors (Lipinski definition) is 1. The molecule has 1 nitrogen and oxygen atoms in total. The van der Waals surface area contributed by atoms with Gasteiger partial charge in [-0.15, -0.1) is 11.3 Å². The van der Waals surface area contributed by atoms with Crippen molar-refractivity contribution >= 4 is 27.3 Å². The van der Waals surface area contributed by atoms with Crippen LogP contribution in [0.1, 0.15) is 39.0 Å². The summed E-state index contributed by atoms with van der Waals surface area (Å²) in [6, 6.07) is 2.20. The largest absolute Gasteiger partial charge is 0.312 e. The normalized spacial score (nSPS) is 13.1. The smallest absolute Gasteiger partial charge is 0.0285 e.